The van der Waals surface area contributed by atoms with Crippen LogP contribution in [-0.4, -0.2) is 25.1 Å². The molecule has 0 aliphatic carbocycles. The lowest BCUT2D eigenvalue weighted by Gasteiger charge is -2.18. The molecular weight excluding hydrogens is 182 g/mol. The lowest BCUT2D eigenvalue weighted by atomic mass is 10.3. The van der Waals surface area contributed by atoms with E-state index in [9.17, 15) is 4.79 Å². The molecule has 0 saturated heterocycles. The number of carbonyl (C=O) groups is 1. The molecule has 1 unspecified atom stereocenters. The van der Waals surface area contributed by atoms with Gasteiger partial charge in [-0.15, -0.1) is 0 Å². The van der Waals surface area contributed by atoms with Crippen LogP contribution in [0.15, 0.2) is 17.4 Å². The fourth-order valence-electron chi connectivity index (χ4n) is 1.02. The largest absolute Gasteiger partial charge is 0.348 e. The van der Waals surface area contributed by atoms with Crippen LogP contribution in [0, 0.1) is 0 Å². The van der Waals surface area contributed by atoms with Crippen LogP contribution in [0.4, 0.5) is 0 Å². The second-order valence-corrected chi connectivity index (χ2v) is 2.76. The Balaban J connectivity index is 2.52. The SMILES string of the molecule is CCOC1N/C=C/N=CCCC(=O)N1. The first-order valence-corrected chi connectivity index (χ1v) is 4.66. The zero-order chi connectivity index (χ0) is 10.2. The summed E-state index contributed by atoms with van der Waals surface area (Å²) in [5, 5.41) is 5.57. The lowest BCUT2D eigenvalue weighted by Crippen LogP contribution is -2.45. The van der Waals surface area contributed by atoms with Crippen LogP contribution in [0.2, 0.25) is 0 Å². The molecule has 0 aromatic heterocycles. The van der Waals surface area contributed by atoms with Crippen molar-refractivity contribution in [2.75, 3.05) is 6.61 Å². The van der Waals surface area contributed by atoms with E-state index >= 15 is 0 Å². The van der Waals surface area contributed by atoms with E-state index in [1.807, 2.05) is 6.92 Å². The molecule has 0 bridgehead atoms. The third-order valence-corrected chi connectivity index (χ3v) is 1.64. The summed E-state index contributed by atoms with van der Waals surface area (Å²) in [6, 6.07) is 0. The highest BCUT2D eigenvalue weighted by molar-refractivity contribution is 5.79. The summed E-state index contributed by atoms with van der Waals surface area (Å²) in [4.78, 5) is 15.2. The van der Waals surface area contributed by atoms with Gasteiger partial charge in [0.05, 0.1) is 0 Å². The summed E-state index contributed by atoms with van der Waals surface area (Å²) in [5.41, 5.74) is 0. The first-order valence-electron chi connectivity index (χ1n) is 4.66. The van der Waals surface area contributed by atoms with E-state index < -0.39 is 6.35 Å². The lowest BCUT2D eigenvalue weighted by molar-refractivity contribution is -0.125. The zero-order valence-electron chi connectivity index (χ0n) is 8.19. The molecule has 0 aromatic carbocycles. The quantitative estimate of drug-likeness (QED) is 0.671. The molecular formula is C9H15N3O2. The van der Waals surface area contributed by atoms with Gasteiger partial charge in [-0.2, -0.15) is 0 Å². The highest BCUT2D eigenvalue weighted by atomic mass is 16.5. The number of ether oxygens (including phenoxy) is 1. The molecule has 2 N–H and O–H groups in total. The first-order chi connectivity index (χ1) is 6.83. The molecule has 0 aromatic rings. The summed E-state index contributed by atoms with van der Waals surface area (Å²) < 4.78 is 5.24. The van der Waals surface area contributed by atoms with Gasteiger partial charge < -0.3 is 15.4 Å². The standard InChI is InChI=1S/C9H15N3O2/c1-2-14-9-11-7-6-10-5-3-4-8(13)12-9/h5-7,9,11H,2-4H2,1H3,(H,12,13)/b7-6+,10-5?. The number of nitrogens with zero attached hydrogens (tertiary/aromatic N) is 1. The molecule has 14 heavy (non-hydrogen) atoms. The Morgan fingerprint density at radius 1 is 1.71 bits per heavy atom. The van der Waals surface area contributed by atoms with Crippen LogP contribution in [0.3, 0.4) is 0 Å². The van der Waals surface area contributed by atoms with Crippen LogP contribution in [0.25, 0.3) is 0 Å². The Hall–Kier alpha value is -1.36. The normalized spacial score (nSPS) is 24.9. The molecule has 1 atom stereocenters. The fraction of sp³-hybridized carbons (Fsp3) is 0.556. The molecule has 0 fully saturated rings. The highest BCUT2D eigenvalue weighted by Crippen LogP contribution is 1.92. The molecule has 0 spiro atoms. The number of aliphatic imine (C=N–C) groups is 1. The molecule has 0 saturated carbocycles. The summed E-state index contributed by atoms with van der Waals surface area (Å²) >= 11 is 0. The topological polar surface area (TPSA) is 62.7 Å². The van der Waals surface area contributed by atoms with Crippen molar-refractivity contribution in [2.24, 2.45) is 4.99 Å². The Kier molecular flexibility index (Phi) is 4.71. The summed E-state index contributed by atoms with van der Waals surface area (Å²) in [7, 11) is 0. The van der Waals surface area contributed by atoms with E-state index in [1.54, 1.807) is 18.6 Å². The summed E-state index contributed by atoms with van der Waals surface area (Å²) in [5.74, 6) is -0.0438. The van der Waals surface area contributed by atoms with E-state index in [0.717, 1.165) is 0 Å². The number of nitrogens with one attached hydrogen (secondary N) is 2. The Morgan fingerprint density at radius 3 is 3.36 bits per heavy atom. The average Bonchev–Trinajstić information content (AvgIpc) is 2.17. The monoisotopic (exact) mass is 197 g/mol. The maximum Gasteiger partial charge on any atom is 0.223 e. The maximum atomic E-state index is 11.3. The average molecular weight is 197 g/mol. The third-order valence-electron chi connectivity index (χ3n) is 1.64. The molecule has 5 heteroatoms. The Labute approximate surface area is 83.2 Å². The van der Waals surface area contributed by atoms with Gasteiger partial charge >= 0.3 is 0 Å². The zero-order valence-corrected chi connectivity index (χ0v) is 8.19. The second-order valence-electron chi connectivity index (χ2n) is 2.76. The molecule has 1 heterocycles. The molecule has 1 aliphatic rings. The van der Waals surface area contributed by atoms with Crippen molar-refractivity contribution >= 4 is 12.1 Å². The number of amides is 1. The Morgan fingerprint density at radius 2 is 2.57 bits per heavy atom. The summed E-state index contributed by atoms with van der Waals surface area (Å²) in [6.45, 7) is 2.41. The van der Waals surface area contributed by atoms with Crippen LogP contribution in [0.1, 0.15) is 19.8 Å². The molecule has 78 valence electrons. The predicted molar refractivity (Wildman–Crippen MR) is 53.6 cm³/mol. The van der Waals surface area contributed by atoms with Gasteiger partial charge in [0.1, 0.15) is 0 Å². The van der Waals surface area contributed by atoms with E-state index in [0.29, 0.717) is 19.4 Å². The van der Waals surface area contributed by atoms with Crippen molar-refractivity contribution in [1.82, 2.24) is 10.6 Å². The minimum absolute atomic E-state index is 0.0438. The minimum Gasteiger partial charge on any atom is -0.348 e. The molecule has 0 radical (unpaired) electrons. The fourth-order valence-corrected chi connectivity index (χ4v) is 1.02. The van der Waals surface area contributed by atoms with E-state index in [1.165, 1.54) is 0 Å². The van der Waals surface area contributed by atoms with E-state index in [4.69, 9.17) is 4.74 Å². The Bertz CT molecular complexity index is 238. The van der Waals surface area contributed by atoms with Gasteiger partial charge in [-0.25, -0.2) is 0 Å². The van der Waals surface area contributed by atoms with E-state index in [2.05, 4.69) is 15.6 Å². The van der Waals surface area contributed by atoms with Gasteiger partial charge in [-0.3, -0.25) is 9.79 Å². The van der Waals surface area contributed by atoms with Gasteiger partial charge in [0.15, 0.2) is 0 Å². The minimum atomic E-state index is -0.461. The van der Waals surface area contributed by atoms with E-state index in [-0.39, 0.29) is 5.91 Å². The number of hydrogen-bond donors (Lipinski definition) is 2. The van der Waals surface area contributed by atoms with Crippen molar-refractivity contribution in [2.45, 2.75) is 26.1 Å². The van der Waals surface area contributed by atoms with Crippen LogP contribution in [-0.2, 0) is 9.53 Å². The number of rotatable bonds is 2. The second kappa shape index (κ2) is 6.15. The van der Waals surface area contributed by atoms with Gasteiger partial charge in [-0.05, 0) is 13.3 Å². The third kappa shape index (κ3) is 4.04. The number of carbonyl (C=O) groups excluding carboxylic acids is 1. The maximum absolute atomic E-state index is 11.3. The van der Waals surface area contributed by atoms with Gasteiger partial charge in [0, 0.05) is 31.6 Å². The van der Waals surface area contributed by atoms with Crippen molar-refractivity contribution < 1.29 is 9.53 Å². The smallest absolute Gasteiger partial charge is 0.223 e. The molecule has 1 aliphatic heterocycles. The van der Waals surface area contributed by atoms with Crippen molar-refractivity contribution in [1.29, 1.82) is 0 Å². The van der Waals surface area contributed by atoms with Crippen LogP contribution < -0.4 is 10.6 Å². The van der Waals surface area contributed by atoms with Crippen molar-refractivity contribution in [3.63, 3.8) is 0 Å². The summed E-state index contributed by atoms with van der Waals surface area (Å²) in [6.07, 6.45) is 5.60. The molecule has 1 amide bonds. The van der Waals surface area contributed by atoms with Crippen molar-refractivity contribution in [3.05, 3.63) is 12.4 Å². The van der Waals surface area contributed by atoms with Crippen molar-refractivity contribution in [3.8, 4) is 0 Å². The number of hydrogen-bond acceptors (Lipinski definition) is 4. The van der Waals surface area contributed by atoms with Gasteiger partial charge in [0.25, 0.3) is 0 Å². The first kappa shape index (κ1) is 10.7. The van der Waals surface area contributed by atoms with Gasteiger partial charge in [-0.1, -0.05) is 0 Å². The molecule has 1 rings (SSSR count). The molecule has 5 nitrogen and oxygen atoms in total. The highest BCUT2D eigenvalue weighted by Gasteiger charge is 2.09. The van der Waals surface area contributed by atoms with Crippen LogP contribution in [0.5, 0.6) is 0 Å². The van der Waals surface area contributed by atoms with Gasteiger partial charge in [0.2, 0.25) is 12.3 Å². The predicted octanol–water partition coefficient (Wildman–Crippen LogP) is 0.348. The van der Waals surface area contributed by atoms with Crippen LogP contribution >= 0.6 is 0 Å².